The summed E-state index contributed by atoms with van der Waals surface area (Å²) in [5.74, 6) is 1.79. The van der Waals surface area contributed by atoms with E-state index in [1.807, 2.05) is 61.5 Å². The predicted octanol–water partition coefficient (Wildman–Crippen LogP) is 4.14. The Bertz CT molecular complexity index is 438. The van der Waals surface area contributed by atoms with Crippen LogP contribution in [0.5, 0.6) is 11.5 Å². The molecule has 2 heteroatoms. The second kappa shape index (κ2) is 8.31. The van der Waals surface area contributed by atoms with Gasteiger partial charge in [0.2, 0.25) is 0 Å². The number of nitrogens with two attached hydrogens (primary N) is 1. The van der Waals surface area contributed by atoms with E-state index in [1.165, 1.54) is 0 Å². The zero-order valence-electron chi connectivity index (χ0n) is 11.1. The van der Waals surface area contributed by atoms with E-state index in [4.69, 9.17) is 10.5 Å². The van der Waals surface area contributed by atoms with Crippen LogP contribution in [0.3, 0.4) is 0 Å². The van der Waals surface area contributed by atoms with Crippen LogP contribution >= 0.6 is 0 Å². The molecule has 0 saturated heterocycles. The maximum atomic E-state index is 5.71. The first-order valence-corrected chi connectivity index (χ1v) is 6.26. The normalized spacial score (nSPS) is 9.28. The second-order valence-corrected chi connectivity index (χ2v) is 3.97. The number of hydrogen-bond donors (Lipinski definition) is 1. The summed E-state index contributed by atoms with van der Waals surface area (Å²) >= 11 is 0. The molecule has 96 valence electrons. The van der Waals surface area contributed by atoms with Crippen LogP contribution in [0.2, 0.25) is 0 Å². The monoisotopic (exact) mass is 243 g/mol. The fourth-order valence-corrected chi connectivity index (χ4v) is 1.29. The Labute approximate surface area is 109 Å². The maximum Gasteiger partial charge on any atom is 0.130 e. The van der Waals surface area contributed by atoms with Crippen LogP contribution in [0.15, 0.2) is 54.6 Å². The van der Waals surface area contributed by atoms with Gasteiger partial charge < -0.3 is 10.5 Å². The van der Waals surface area contributed by atoms with E-state index in [0.29, 0.717) is 0 Å². The van der Waals surface area contributed by atoms with Crippen LogP contribution in [-0.4, -0.2) is 6.54 Å². The summed E-state index contributed by atoms with van der Waals surface area (Å²) in [5.41, 5.74) is 6.18. The highest BCUT2D eigenvalue weighted by Crippen LogP contribution is 2.23. The summed E-state index contributed by atoms with van der Waals surface area (Å²) in [4.78, 5) is 0. The van der Waals surface area contributed by atoms with E-state index in [2.05, 4.69) is 6.92 Å². The molecule has 0 bridgehead atoms. The van der Waals surface area contributed by atoms with Gasteiger partial charge in [-0.2, -0.15) is 0 Å². The Morgan fingerprint density at radius 3 is 2.06 bits per heavy atom. The predicted molar refractivity (Wildman–Crippen MR) is 77.0 cm³/mol. The lowest BCUT2D eigenvalue weighted by atomic mass is 10.2. The summed E-state index contributed by atoms with van der Waals surface area (Å²) in [6, 6.07) is 17.8. The van der Waals surface area contributed by atoms with Crippen LogP contribution in [0, 0.1) is 6.92 Å². The Balaban J connectivity index is 0.000000357. The molecule has 0 aliphatic carbocycles. The fraction of sp³-hybridized carbons (Fsp3) is 0.250. The summed E-state index contributed by atoms with van der Waals surface area (Å²) in [6.07, 6.45) is 1.10. The highest BCUT2D eigenvalue weighted by molar-refractivity contribution is 5.36. The van der Waals surface area contributed by atoms with Crippen molar-refractivity contribution in [3.05, 3.63) is 60.2 Å². The van der Waals surface area contributed by atoms with Crippen molar-refractivity contribution in [1.29, 1.82) is 0 Å². The van der Waals surface area contributed by atoms with Gasteiger partial charge in [-0.25, -0.2) is 0 Å². The standard InChI is InChI=1S/C13H12O.C3H9N/c1-11-7-5-6-10-13(11)14-12-8-3-2-4-9-12;1-2-3-4/h2-10H,1H3;2-4H2,1H3. The van der Waals surface area contributed by atoms with Crippen molar-refractivity contribution in [2.45, 2.75) is 20.3 Å². The van der Waals surface area contributed by atoms with Gasteiger partial charge in [0.25, 0.3) is 0 Å². The minimum absolute atomic E-state index is 0.819. The zero-order chi connectivity index (χ0) is 13.2. The van der Waals surface area contributed by atoms with Gasteiger partial charge in [-0.15, -0.1) is 0 Å². The number of para-hydroxylation sites is 2. The number of ether oxygens (including phenoxy) is 1. The molecule has 0 aromatic heterocycles. The molecule has 0 heterocycles. The SMILES string of the molecule is CCCN.Cc1ccccc1Oc1ccccc1. The molecule has 2 N–H and O–H groups in total. The molecule has 18 heavy (non-hydrogen) atoms. The maximum absolute atomic E-state index is 5.71. The summed E-state index contributed by atoms with van der Waals surface area (Å²) in [6.45, 7) is 4.91. The zero-order valence-corrected chi connectivity index (χ0v) is 11.1. The minimum atomic E-state index is 0.819. The van der Waals surface area contributed by atoms with Gasteiger partial charge in [-0.1, -0.05) is 43.3 Å². The van der Waals surface area contributed by atoms with Crippen LogP contribution in [-0.2, 0) is 0 Å². The van der Waals surface area contributed by atoms with Crippen LogP contribution in [0.1, 0.15) is 18.9 Å². The van der Waals surface area contributed by atoms with Crippen molar-refractivity contribution in [1.82, 2.24) is 0 Å². The van der Waals surface area contributed by atoms with E-state index in [0.717, 1.165) is 30.0 Å². The van der Waals surface area contributed by atoms with Crippen molar-refractivity contribution < 1.29 is 4.74 Å². The van der Waals surface area contributed by atoms with Gasteiger partial charge in [0.15, 0.2) is 0 Å². The molecule has 2 aromatic rings. The second-order valence-electron chi connectivity index (χ2n) is 3.97. The lowest BCUT2D eigenvalue weighted by Gasteiger charge is -2.07. The largest absolute Gasteiger partial charge is 0.457 e. The molecule has 0 fully saturated rings. The first-order chi connectivity index (χ1) is 8.77. The molecular formula is C16H21NO. The first-order valence-electron chi connectivity index (χ1n) is 6.26. The van der Waals surface area contributed by atoms with Crippen molar-refractivity contribution >= 4 is 0 Å². The third-order valence-electron chi connectivity index (χ3n) is 2.35. The summed E-state index contributed by atoms with van der Waals surface area (Å²) in [7, 11) is 0. The summed E-state index contributed by atoms with van der Waals surface area (Å²) in [5, 5.41) is 0. The van der Waals surface area contributed by atoms with Crippen LogP contribution < -0.4 is 10.5 Å². The first kappa shape index (κ1) is 14.3. The van der Waals surface area contributed by atoms with Gasteiger partial charge in [0, 0.05) is 0 Å². The molecule has 0 radical (unpaired) electrons. The van der Waals surface area contributed by atoms with Gasteiger partial charge >= 0.3 is 0 Å². The van der Waals surface area contributed by atoms with Gasteiger partial charge in [0.1, 0.15) is 11.5 Å². The number of hydrogen-bond acceptors (Lipinski definition) is 2. The van der Waals surface area contributed by atoms with Crippen molar-refractivity contribution in [3.8, 4) is 11.5 Å². The van der Waals surface area contributed by atoms with E-state index >= 15 is 0 Å². The minimum Gasteiger partial charge on any atom is -0.457 e. The smallest absolute Gasteiger partial charge is 0.130 e. The van der Waals surface area contributed by atoms with E-state index in [9.17, 15) is 0 Å². The average Bonchev–Trinajstić information content (AvgIpc) is 2.43. The highest BCUT2D eigenvalue weighted by Gasteiger charge is 1.98. The molecule has 0 aliphatic rings. The van der Waals surface area contributed by atoms with Gasteiger partial charge in [-0.3, -0.25) is 0 Å². The average molecular weight is 243 g/mol. The lowest BCUT2D eigenvalue weighted by Crippen LogP contribution is -1.93. The molecular weight excluding hydrogens is 222 g/mol. The summed E-state index contributed by atoms with van der Waals surface area (Å²) < 4.78 is 5.71. The van der Waals surface area contributed by atoms with E-state index in [1.54, 1.807) is 0 Å². The Morgan fingerprint density at radius 1 is 0.944 bits per heavy atom. The molecule has 0 saturated carbocycles. The molecule has 2 nitrogen and oxygen atoms in total. The fourth-order valence-electron chi connectivity index (χ4n) is 1.29. The molecule has 0 aliphatic heterocycles. The van der Waals surface area contributed by atoms with E-state index in [-0.39, 0.29) is 0 Å². The number of aryl methyl sites for hydroxylation is 1. The van der Waals surface area contributed by atoms with E-state index < -0.39 is 0 Å². The number of rotatable bonds is 3. The van der Waals surface area contributed by atoms with Crippen molar-refractivity contribution in [2.75, 3.05) is 6.54 Å². The molecule has 0 amide bonds. The van der Waals surface area contributed by atoms with Crippen molar-refractivity contribution in [3.63, 3.8) is 0 Å². The molecule has 0 unspecified atom stereocenters. The van der Waals surface area contributed by atoms with Gasteiger partial charge in [0.05, 0.1) is 0 Å². The molecule has 2 aromatic carbocycles. The molecule has 0 atom stereocenters. The van der Waals surface area contributed by atoms with Crippen LogP contribution in [0.25, 0.3) is 0 Å². The van der Waals surface area contributed by atoms with Crippen LogP contribution in [0.4, 0.5) is 0 Å². The number of benzene rings is 2. The molecule has 0 spiro atoms. The third-order valence-corrected chi connectivity index (χ3v) is 2.35. The lowest BCUT2D eigenvalue weighted by molar-refractivity contribution is 0.479. The quantitative estimate of drug-likeness (QED) is 0.879. The Morgan fingerprint density at radius 2 is 1.50 bits per heavy atom. The third kappa shape index (κ3) is 5.02. The Hall–Kier alpha value is -1.80. The Kier molecular flexibility index (Phi) is 6.59. The highest BCUT2D eigenvalue weighted by atomic mass is 16.5. The molecule has 2 rings (SSSR count). The topological polar surface area (TPSA) is 35.2 Å². The van der Waals surface area contributed by atoms with Gasteiger partial charge in [-0.05, 0) is 43.7 Å². The van der Waals surface area contributed by atoms with Crippen molar-refractivity contribution in [2.24, 2.45) is 5.73 Å².